The van der Waals surface area contributed by atoms with Crippen LogP contribution in [0.4, 0.5) is 17.1 Å². The van der Waals surface area contributed by atoms with Gasteiger partial charge >= 0.3 is 0 Å². The standard InChI is InChI=1S/C77H49N5S/c78-50-69(73(54-21-7-2-8-22-54)55-23-9-3-10-24-55)53-35-42-60(43-36-53)81(59-40-33-52(34-41-59)51-19-5-1-6-20-51)71-48-47-62(76-77(71)80-83-79-76)58-39-46-64-63-27-17-18-32-70(63)82(72(64)49-58)61-44-37-57(38-45-61)75-67-30-15-13-28-65(67)74(56-25-11-4-12-26-56)66-29-14-16-31-68(66)75/h1-49H. The summed E-state index contributed by atoms with van der Waals surface area (Å²) in [5.74, 6) is 0. The molecule has 15 rings (SSSR count). The summed E-state index contributed by atoms with van der Waals surface area (Å²) >= 11 is 1.23. The molecule has 0 unspecified atom stereocenters. The number of nitriles is 1. The molecule has 83 heavy (non-hydrogen) atoms. The summed E-state index contributed by atoms with van der Waals surface area (Å²) in [7, 11) is 0. The maximum absolute atomic E-state index is 10.9. The third kappa shape index (κ3) is 8.63. The third-order valence-corrected chi connectivity index (χ3v) is 16.7. The molecule has 0 atom stereocenters. The van der Waals surface area contributed by atoms with E-state index < -0.39 is 0 Å². The van der Waals surface area contributed by atoms with Crippen LogP contribution in [0.1, 0.15) is 16.7 Å². The molecule has 0 fully saturated rings. The van der Waals surface area contributed by atoms with Crippen molar-refractivity contribution >= 4 is 94.3 Å². The molecule has 0 N–H and O–H groups in total. The first-order chi connectivity index (χ1) is 41.2. The molecule has 388 valence electrons. The van der Waals surface area contributed by atoms with Gasteiger partial charge in [-0.3, -0.25) is 0 Å². The van der Waals surface area contributed by atoms with Crippen molar-refractivity contribution in [3.05, 3.63) is 314 Å². The highest BCUT2D eigenvalue weighted by Crippen LogP contribution is 2.46. The van der Waals surface area contributed by atoms with Gasteiger partial charge in [-0.2, -0.15) is 14.0 Å². The van der Waals surface area contributed by atoms with E-state index in [1.807, 2.05) is 42.5 Å². The van der Waals surface area contributed by atoms with Gasteiger partial charge in [0.1, 0.15) is 17.1 Å². The lowest BCUT2D eigenvalue weighted by atomic mass is 9.86. The van der Waals surface area contributed by atoms with Crippen LogP contribution >= 0.6 is 11.7 Å². The Bertz CT molecular complexity index is 4890. The molecular formula is C77H49N5S. The number of hydrogen-bond acceptors (Lipinski definition) is 5. The zero-order chi connectivity index (χ0) is 55.2. The number of para-hydroxylation sites is 1. The summed E-state index contributed by atoms with van der Waals surface area (Å²) in [6.07, 6.45) is 0. The van der Waals surface area contributed by atoms with Gasteiger partial charge < -0.3 is 9.47 Å². The van der Waals surface area contributed by atoms with Crippen LogP contribution in [0.3, 0.4) is 0 Å². The highest BCUT2D eigenvalue weighted by atomic mass is 32.1. The molecular weight excluding hydrogens is 1030 g/mol. The number of anilines is 3. The van der Waals surface area contributed by atoms with E-state index in [2.05, 4.69) is 270 Å². The van der Waals surface area contributed by atoms with E-state index in [9.17, 15) is 5.26 Å². The normalized spacial score (nSPS) is 11.4. The summed E-state index contributed by atoms with van der Waals surface area (Å²) in [5, 5.41) is 18.2. The molecule has 5 nitrogen and oxygen atoms in total. The van der Waals surface area contributed by atoms with Crippen molar-refractivity contribution in [3.8, 4) is 56.3 Å². The van der Waals surface area contributed by atoms with E-state index in [0.717, 1.165) is 89.3 Å². The monoisotopic (exact) mass is 1080 g/mol. The van der Waals surface area contributed by atoms with Crippen LogP contribution in [0.25, 0.3) is 116 Å². The summed E-state index contributed by atoms with van der Waals surface area (Å²) in [5.41, 5.74) is 21.2. The van der Waals surface area contributed by atoms with Crippen LogP contribution in [-0.4, -0.2) is 13.3 Å². The van der Waals surface area contributed by atoms with Crippen molar-refractivity contribution in [1.82, 2.24) is 13.3 Å². The van der Waals surface area contributed by atoms with Crippen LogP contribution in [0, 0.1) is 11.3 Å². The Balaban J connectivity index is 0.842. The largest absolute Gasteiger partial charge is 0.309 e. The van der Waals surface area contributed by atoms with Gasteiger partial charge in [-0.1, -0.05) is 237 Å². The molecule has 0 radical (unpaired) electrons. The lowest BCUT2D eigenvalue weighted by Crippen LogP contribution is -2.11. The number of fused-ring (bicyclic) bond motifs is 6. The molecule has 0 saturated carbocycles. The van der Waals surface area contributed by atoms with E-state index in [0.29, 0.717) is 5.57 Å². The Morgan fingerprint density at radius 1 is 0.361 bits per heavy atom. The molecule has 0 spiro atoms. The van der Waals surface area contributed by atoms with Crippen LogP contribution in [0.2, 0.25) is 0 Å². The quantitative estimate of drug-likeness (QED) is 0.0736. The molecule has 2 heterocycles. The van der Waals surface area contributed by atoms with Gasteiger partial charge in [0, 0.05) is 39.0 Å². The Morgan fingerprint density at radius 2 is 0.807 bits per heavy atom. The predicted molar refractivity (Wildman–Crippen MR) is 348 cm³/mol. The predicted octanol–water partition coefficient (Wildman–Crippen LogP) is 20.7. The summed E-state index contributed by atoms with van der Waals surface area (Å²) in [4.78, 5) is 2.26. The molecule has 0 bridgehead atoms. The van der Waals surface area contributed by atoms with Gasteiger partial charge in [0.05, 0.1) is 34.0 Å². The van der Waals surface area contributed by atoms with E-state index in [4.69, 9.17) is 8.75 Å². The van der Waals surface area contributed by atoms with E-state index >= 15 is 0 Å². The fraction of sp³-hybridized carbons (Fsp3) is 0. The maximum atomic E-state index is 10.9. The number of nitrogens with zero attached hydrogens (tertiary/aromatic N) is 5. The molecule has 2 aromatic heterocycles. The van der Waals surface area contributed by atoms with E-state index in [1.165, 1.54) is 66.3 Å². The molecule has 0 aliphatic carbocycles. The van der Waals surface area contributed by atoms with Crippen molar-refractivity contribution in [2.45, 2.75) is 0 Å². The van der Waals surface area contributed by atoms with Crippen LogP contribution in [-0.2, 0) is 0 Å². The summed E-state index contributed by atoms with van der Waals surface area (Å²) in [6, 6.07) is 108. The van der Waals surface area contributed by atoms with Gasteiger partial charge in [-0.25, -0.2) is 0 Å². The fourth-order valence-electron chi connectivity index (χ4n) is 12.4. The molecule has 6 heteroatoms. The molecule has 0 aliphatic heterocycles. The highest BCUT2D eigenvalue weighted by molar-refractivity contribution is 7.00. The Morgan fingerprint density at radius 3 is 1.39 bits per heavy atom. The minimum atomic E-state index is 0.601. The average Bonchev–Trinajstić information content (AvgIpc) is 4.34. The van der Waals surface area contributed by atoms with Gasteiger partial charge in [0.2, 0.25) is 0 Å². The number of hydrogen-bond donors (Lipinski definition) is 0. The number of benzene rings is 13. The highest BCUT2D eigenvalue weighted by Gasteiger charge is 2.23. The fourth-order valence-corrected chi connectivity index (χ4v) is 13.0. The average molecular weight is 1080 g/mol. The zero-order valence-corrected chi connectivity index (χ0v) is 45.8. The van der Waals surface area contributed by atoms with E-state index in [-0.39, 0.29) is 0 Å². The molecule has 15 aromatic rings. The number of aromatic nitrogens is 3. The first kappa shape index (κ1) is 49.1. The van der Waals surface area contributed by atoms with E-state index in [1.54, 1.807) is 0 Å². The minimum absolute atomic E-state index is 0.601. The second-order valence-electron chi connectivity index (χ2n) is 20.8. The molecule has 0 amide bonds. The number of rotatable bonds is 11. The second-order valence-corrected chi connectivity index (χ2v) is 21.3. The molecule has 0 aliphatic rings. The van der Waals surface area contributed by atoms with Gasteiger partial charge in [0.25, 0.3) is 0 Å². The third-order valence-electron chi connectivity index (χ3n) is 16.2. The first-order valence-electron chi connectivity index (χ1n) is 27.9. The van der Waals surface area contributed by atoms with Crippen molar-refractivity contribution in [1.29, 1.82) is 5.26 Å². The molecule has 13 aromatic carbocycles. The van der Waals surface area contributed by atoms with Crippen LogP contribution < -0.4 is 4.90 Å². The van der Waals surface area contributed by atoms with Gasteiger partial charge in [0.15, 0.2) is 0 Å². The summed E-state index contributed by atoms with van der Waals surface area (Å²) < 4.78 is 12.5. The topological polar surface area (TPSA) is 57.7 Å². The Kier molecular flexibility index (Phi) is 12.4. The second kappa shape index (κ2) is 20.9. The van der Waals surface area contributed by atoms with Crippen molar-refractivity contribution < 1.29 is 0 Å². The lowest BCUT2D eigenvalue weighted by molar-refractivity contribution is 1.18. The smallest absolute Gasteiger partial charge is 0.129 e. The van der Waals surface area contributed by atoms with Crippen molar-refractivity contribution in [2.75, 3.05) is 4.90 Å². The van der Waals surface area contributed by atoms with Crippen molar-refractivity contribution in [2.24, 2.45) is 0 Å². The van der Waals surface area contributed by atoms with Crippen LogP contribution in [0.5, 0.6) is 0 Å². The number of allylic oxidation sites excluding steroid dienone is 1. The SMILES string of the molecule is N#CC(=C(c1ccccc1)c1ccccc1)c1ccc(N(c2ccc(-c3ccccc3)cc2)c2ccc(-c3ccc4c5ccccc5n(-c5ccc(-c6c7ccccc7c(-c7ccccc7)c7ccccc67)cc5)c4c3)c3nsnc23)cc1. The summed E-state index contributed by atoms with van der Waals surface area (Å²) in [6.45, 7) is 0. The zero-order valence-electron chi connectivity index (χ0n) is 44.9. The first-order valence-corrected chi connectivity index (χ1v) is 28.6. The Hall–Kier alpha value is -11.0. The lowest BCUT2D eigenvalue weighted by Gasteiger charge is -2.26. The molecule has 0 saturated heterocycles. The van der Waals surface area contributed by atoms with Crippen LogP contribution in [0.15, 0.2) is 297 Å². The Labute approximate surface area is 485 Å². The maximum Gasteiger partial charge on any atom is 0.129 e. The van der Waals surface area contributed by atoms with Gasteiger partial charge in [-0.05, 0) is 138 Å². The minimum Gasteiger partial charge on any atom is -0.309 e. The van der Waals surface area contributed by atoms with Gasteiger partial charge in [-0.15, -0.1) is 0 Å². The van der Waals surface area contributed by atoms with Crippen molar-refractivity contribution in [3.63, 3.8) is 0 Å².